The van der Waals surface area contributed by atoms with E-state index in [0.29, 0.717) is 24.2 Å². The number of likely N-dealkylation sites (tertiary alicyclic amines) is 1. The minimum Gasteiger partial charge on any atom is -0.374 e. The second-order valence-electron chi connectivity index (χ2n) is 6.37. The molecule has 0 amide bonds. The maximum Gasteiger partial charge on any atom is 0.0829 e. The van der Waals surface area contributed by atoms with Crippen LogP contribution < -0.4 is 5.73 Å². The molecule has 3 rings (SSSR count). The van der Waals surface area contributed by atoms with Crippen LogP contribution in [0.3, 0.4) is 0 Å². The first-order valence-corrected chi connectivity index (χ1v) is 7.57. The van der Waals surface area contributed by atoms with Crippen LogP contribution in [0, 0.1) is 0 Å². The fourth-order valence-electron chi connectivity index (χ4n) is 3.79. The van der Waals surface area contributed by atoms with E-state index in [-0.39, 0.29) is 0 Å². The van der Waals surface area contributed by atoms with Crippen molar-refractivity contribution in [2.24, 2.45) is 5.73 Å². The van der Waals surface area contributed by atoms with Crippen molar-refractivity contribution in [1.82, 2.24) is 9.80 Å². The van der Waals surface area contributed by atoms with E-state index in [9.17, 15) is 0 Å². The zero-order chi connectivity index (χ0) is 12.5. The van der Waals surface area contributed by atoms with E-state index in [0.717, 1.165) is 39.1 Å². The summed E-state index contributed by atoms with van der Waals surface area (Å²) in [6, 6.07) is 1.74. The zero-order valence-electron chi connectivity index (χ0n) is 11.6. The highest BCUT2D eigenvalue weighted by molar-refractivity contribution is 4.88. The van der Waals surface area contributed by atoms with Gasteiger partial charge in [0.05, 0.1) is 12.7 Å². The van der Waals surface area contributed by atoms with Gasteiger partial charge in [-0.1, -0.05) is 0 Å². The first-order valence-electron chi connectivity index (χ1n) is 7.57. The third kappa shape index (κ3) is 2.72. The molecule has 4 nitrogen and oxygen atoms in total. The summed E-state index contributed by atoms with van der Waals surface area (Å²) in [5.74, 6) is 0. The Bertz CT molecular complexity index is 286. The van der Waals surface area contributed by atoms with Crippen LogP contribution in [0.1, 0.15) is 32.6 Å². The van der Waals surface area contributed by atoms with Crippen LogP contribution in [0.2, 0.25) is 0 Å². The summed E-state index contributed by atoms with van der Waals surface area (Å²) in [6.45, 7) is 7.92. The lowest BCUT2D eigenvalue weighted by Gasteiger charge is -2.41. The van der Waals surface area contributed by atoms with Crippen LogP contribution in [0.25, 0.3) is 0 Å². The van der Waals surface area contributed by atoms with E-state index >= 15 is 0 Å². The lowest BCUT2D eigenvalue weighted by Crippen LogP contribution is -2.53. The van der Waals surface area contributed by atoms with Gasteiger partial charge in [0.25, 0.3) is 0 Å². The van der Waals surface area contributed by atoms with E-state index in [1.54, 1.807) is 0 Å². The largest absolute Gasteiger partial charge is 0.374 e. The van der Waals surface area contributed by atoms with Gasteiger partial charge < -0.3 is 10.5 Å². The second kappa shape index (κ2) is 5.45. The Labute approximate surface area is 110 Å². The van der Waals surface area contributed by atoms with Crippen molar-refractivity contribution < 1.29 is 4.74 Å². The van der Waals surface area contributed by atoms with E-state index in [2.05, 4.69) is 16.7 Å². The van der Waals surface area contributed by atoms with Crippen molar-refractivity contribution in [1.29, 1.82) is 0 Å². The molecule has 4 atom stereocenters. The van der Waals surface area contributed by atoms with E-state index in [1.165, 1.54) is 19.4 Å². The SMILES string of the molecule is CC1CC(N)CCN1CC1CN2CCCC2CO1. The maximum absolute atomic E-state index is 6.06. The quantitative estimate of drug-likeness (QED) is 0.785. The molecule has 0 bridgehead atoms. The Morgan fingerprint density at radius 2 is 2.17 bits per heavy atom. The predicted molar refractivity (Wildman–Crippen MR) is 72.6 cm³/mol. The molecule has 104 valence electrons. The molecule has 2 N–H and O–H groups in total. The van der Waals surface area contributed by atoms with Crippen LogP contribution in [0.15, 0.2) is 0 Å². The minimum absolute atomic E-state index is 0.409. The number of fused-ring (bicyclic) bond motifs is 1. The third-order valence-corrected chi connectivity index (χ3v) is 4.95. The van der Waals surface area contributed by atoms with Gasteiger partial charge in [0.1, 0.15) is 0 Å². The summed E-state index contributed by atoms with van der Waals surface area (Å²) in [5.41, 5.74) is 6.02. The summed E-state index contributed by atoms with van der Waals surface area (Å²) in [5, 5.41) is 0. The van der Waals surface area contributed by atoms with Gasteiger partial charge in [-0.15, -0.1) is 0 Å². The van der Waals surface area contributed by atoms with E-state index in [4.69, 9.17) is 10.5 Å². The van der Waals surface area contributed by atoms with Crippen molar-refractivity contribution in [3.63, 3.8) is 0 Å². The Hall–Kier alpha value is -0.160. The zero-order valence-corrected chi connectivity index (χ0v) is 11.6. The predicted octanol–water partition coefficient (Wildman–Crippen LogP) is 0.661. The summed E-state index contributed by atoms with van der Waals surface area (Å²) in [7, 11) is 0. The fourth-order valence-corrected chi connectivity index (χ4v) is 3.79. The van der Waals surface area contributed by atoms with E-state index in [1.807, 2.05) is 0 Å². The molecule has 3 heterocycles. The molecular weight excluding hydrogens is 226 g/mol. The normalized spacial score (nSPS) is 43.0. The molecule has 18 heavy (non-hydrogen) atoms. The van der Waals surface area contributed by atoms with Gasteiger partial charge in [0.2, 0.25) is 0 Å². The molecular formula is C14H27N3O. The first-order chi connectivity index (χ1) is 8.72. The Kier molecular flexibility index (Phi) is 3.89. The number of nitrogens with zero attached hydrogens (tertiary/aromatic N) is 2. The lowest BCUT2D eigenvalue weighted by molar-refractivity contribution is -0.0679. The van der Waals surface area contributed by atoms with Crippen molar-refractivity contribution in [2.75, 3.05) is 32.8 Å². The molecule has 0 aromatic heterocycles. The Morgan fingerprint density at radius 1 is 1.28 bits per heavy atom. The van der Waals surface area contributed by atoms with Crippen molar-refractivity contribution in [3.05, 3.63) is 0 Å². The van der Waals surface area contributed by atoms with Gasteiger partial charge in [0.15, 0.2) is 0 Å². The highest BCUT2D eigenvalue weighted by atomic mass is 16.5. The highest BCUT2D eigenvalue weighted by Gasteiger charge is 2.34. The van der Waals surface area contributed by atoms with Crippen molar-refractivity contribution in [2.45, 2.75) is 56.8 Å². The summed E-state index contributed by atoms with van der Waals surface area (Å²) >= 11 is 0. The molecule has 0 radical (unpaired) electrons. The monoisotopic (exact) mass is 253 g/mol. The number of hydrogen-bond donors (Lipinski definition) is 1. The summed E-state index contributed by atoms with van der Waals surface area (Å²) < 4.78 is 6.06. The molecule has 0 saturated carbocycles. The molecule has 4 unspecified atom stereocenters. The number of morpholine rings is 1. The van der Waals surface area contributed by atoms with Gasteiger partial charge in [-0.25, -0.2) is 0 Å². The molecule has 3 fully saturated rings. The van der Waals surface area contributed by atoms with Crippen LogP contribution in [0.4, 0.5) is 0 Å². The number of nitrogens with two attached hydrogens (primary N) is 1. The topological polar surface area (TPSA) is 41.7 Å². The first kappa shape index (κ1) is 12.9. The highest BCUT2D eigenvalue weighted by Crippen LogP contribution is 2.24. The van der Waals surface area contributed by atoms with Crippen LogP contribution in [-0.4, -0.2) is 66.8 Å². The smallest absolute Gasteiger partial charge is 0.0829 e. The van der Waals surface area contributed by atoms with Crippen molar-refractivity contribution in [3.8, 4) is 0 Å². The Morgan fingerprint density at radius 3 is 3.00 bits per heavy atom. The van der Waals surface area contributed by atoms with Crippen LogP contribution in [0.5, 0.6) is 0 Å². The van der Waals surface area contributed by atoms with Gasteiger partial charge >= 0.3 is 0 Å². The summed E-state index contributed by atoms with van der Waals surface area (Å²) in [4.78, 5) is 5.21. The third-order valence-electron chi connectivity index (χ3n) is 4.95. The molecule has 0 aromatic rings. The molecule has 3 aliphatic heterocycles. The molecule has 3 saturated heterocycles. The average Bonchev–Trinajstić information content (AvgIpc) is 2.80. The molecule has 0 aliphatic carbocycles. The van der Waals surface area contributed by atoms with Crippen LogP contribution in [-0.2, 0) is 4.74 Å². The van der Waals surface area contributed by atoms with Crippen molar-refractivity contribution >= 4 is 0 Å². The number of hydrogen-bond acceptors (Lipinski definition) is 4. The molecule has 0 aromatic carbocycles. The Balaban J connectivity index is 1.50. The van der Waals surface area contributed by atoms with Gasteiger partial charge in [-0.05, 0) is 45.7 Å². The van der Waals surface area contributed by atoms with Crippen LogP contribution >= 0.6 is 0 Å². The molecule has 0 spiro atoms. The minimum atomic E-state index is 0.409. The van der Waals surface area contributed by atoms with Gasteiger partial charge in [-0.2, -0.15) is 0 Å². The van der Waals surface area contributed by atoms with Gasteiger partial charge in [0, 0.05) is 31.2 Å². The number of piperidine rings is 1. The number of ether oxygens (including phenoxy) is 1. The molecule has 3 aliphatic rings. The molecule has 4 heteroatoms. The lowest BCUT2D eigenvalue weighted by atomic mass is 9.98. The summed E-state index contributed by atoms with van der Waals surface area (Å²) in [6.07, 6.45) is 5.39. The standard InChI is InChI=1S/C14H27N3O/c1-11-7-12(15)4-6-16(11)8-14-9-17-5-2-3-13(17)10-18-14/h11-14H,2-10,15H2,1H3. The van der Waals surface area contributed by atoms with E-state index < -0.39 is 0 Å². The average molecular weight is 253 g/mol. The van der Waals surface area contributed by atoms with Gasteiger partial charge in [-0.3, -0.25) is 9.80 Å². The second-order valence-corrected chi connectivity index (χ2v) is 6.37. The number of rotatable bonds is 2. The fraction of sp³-hybridized carbons (Fsp3) is 1.00. The maximum atomic E-state index is 6.06.